The van der Waals surface area contributed by atoms with Crippen LogP contribution in [0.1, 0.15) is 30.1 Å². The molecule has 20 heavy (non-hydrogen) atoms. The minimum Gasteiger partial charge on any atom is -0.482 e. The molecule has 0 aliphatic heterocycles. The number of hydrogen-bond acceptors (Lipinski definition) is 5. The van der Waals surface area contributed by atoms with E-state index >= 15 is 0 Å². The van der Waals surface area contributed by atoms with Crippen molar-refractivity contribution >= 4 is 24.2 Å². The van der Waals surface area contributed by atoms with Gasteiger partial charge >= 0.3 is 5.97 Å². The third kappa shape index (κ3) is 6.54. The zero-order chi connectivity index (χ0) is 14.1. The summed E-state index contributed by atoms with van der Waals surface area (Å²) >= 11 is 0. The lowest BCUT2D eigenvalue weighted by atomic mass is 10.1. The maximum absolute atomic E-state index is 11.3. The number of carbonyl (C=O) groups excluding carboxylic acids is 2. The van der Waals surface area contributed by atoms with E-state index in [0.29, 0.717) is 17.9 Å². The van der Waals surface area contributed by atoms with E-state index in [4.69, 9.17) is 15.2 Å². The summed E-state index contributed by atoms with van der Waals surface area (Å²) in [6.45, 7) is 2.29. The minimum atomic E-state index is -0.393. The highest BCUT2D eigenvalue weighted by Gasteiger charge is 2.06. The standard InChI is InChI=1S/C14H19NO4.ClH/c1-2-3-8-18-14(17)10-19-12-6-4-11(5-7-12)13(16)9-15;/h4-7H,2-3,8-10,15H2,1H3;1H. The molecule has 0 fully saturated rings. The molecule has 1 aromatic carbocycles. The highest BCUT2D eigenvalue weighted by Crippen LogP contribution is 2.12. The number of esters is 1. The lowest BCUT2D eigenvalue weighted by Gasteiger charge is -2.07. The van der Waals surface area contributed by atoms with E-state index in [1.54, 1.807) is 24.3 Å². The summed E-state index contributed by atoms with van der Waals surface area (Å²) in [6, 6.07) is 6.49. The van der Waals surface area contributed by atoms with E-state index < -0.39 is 5.97 Å². The number of hydrogen-bond donors (Lipinski definition) is 1. The Morgan fingerprint density at radius 2 is 1.85 bits per heavy atom. The molecule has 5 nitrogen and oxygen atoms in total. The molecule has 112 valence electrons. The van der Waals surface area contributed by atoms with Gasteiger partial charge in [-0.3, -0.25) is 4.79 Å². The molecule has 0 radical (unpaired) electrons. The molecule has 0 aliphatic carbocycles. The molecular weight excluding hydrogens is 282 g/mol. The van der Waals surface area contributed by atoms with E-state index in [1.165, 1.54) is 0 Å². The van der Waals surface area contributed by atoms with Crippen molar-refractivity contribution < 1.29 is 19.1 Å². The van der Waals surface area contributed by atoms with Crippen LogP contribution in [0.3, 0.4) is 0 Å². The number of Topliss-reactive ketones (excluding diaryl/α,β-unsaturated/α-hetero) is 1. The first-order chi connectivity index (χ1) is 9.17. The monoisotopic (exact) mass is 301 g/mol. The summed E-state index contributed by atoms with van der Waals surface area (Å²) in [5.74, 6) is -0.0119. The van der Waals surface area contributed by atoms with Crippen LogP contribution in [-0.4, -0.2) is 31.5 Å². The normalized spacial score (nSPS) is 9.50. The second kappa shape index (κ2) is 10.2. The van der Waals surface area contributed by atoms with Crippen molar-refractivity contribution in [2.45, 2.75) is 19.8 Å². The van der Waals surface area contributed by atoms with Gasteiger partial charge in [0.05, 0.1) is 13.2 Å². The van der Waals surface area contributed by atoms with Crippen molar-refractivity contribution in [1.82, 2.24) is 0 Å². The van der Waals surface area contributed by atoms with Crippen LogP contribution in [0.2, 0.25) is 0 Å². The average Bonchev–Trinajstić information content (AvgIpc) is 2.45. The summed E-state index contributed by atoms with van der Waals surface area (Å²) in [5, 5.41) is 0. The van der Waals surface area contributed by atoms with E-state index in [9.17, 15) is 9.59 Å². The van der Waals surface area contributed by atoms with Crippen molar-refractivity contribution in [3.63, 3.8) is 0 Å². The van der Waals surface area contributed by atoms with Crippen LogP contribution in [-0.2, 0) is 9.53 Å². The predicted molar refractivity (Wildman–Crippen MR) is 78.4 cm³/mol. The number of benzene rings is 1. The molecule has 2 N–H and O–H groups in total. The van der Waals surface area contributed by atoms with E-state index in [2.05, 4.69) is 0 Å². The summed E-state index contributed by atoms with van der Waals surface area (Å²) in [4.78, 5) is 22.6. The molecular formula is C14H20ClNO4. The van der Waals surface area contributed by atoms with Crippen molar-refractivity contribution in [3.8, 4) is 5.75 Å². The summed E-state index contributed by atoms with van der Waals surface area (Å²) < 4.78 is 10.2. The molecule has 0 spiro atoms. The van der Waals surface area contributed by atoms with Gasteiger partial charge in [-0.1, -0.05) is 13.3 Å². The van der Waals surface area contributed by atoms with Gasteiger partial charge in [-0.25, -0.2) is 4.79 Å². The van der Waals surface area contributed by atoms with Crippen molar-refractivity contribution in [3.05, 3.63) is 29.8 Å². The highest BCUT2D eigenvalue weighted by atomic mass is 35.5. The second-order valence-corrected chi connectivity index (χ2v) is 4.01. The van der Waals surface area contributed by atoms with Gasteiger partial charge in [0.2, 0.25) is 0 Å². The van der Waals surface area contributed by atoms with Gasteiger partial charge in [0.25, 0.3) is 0 Å². The van der Waals surface area contributed by atoms with Crippen molar-refractivity contribution in [2.75, 3.05) is 19.8 Å². The Hall–Kier alpha value is -1.59. The Morgan fingerprint density at radius 3 is 2.40 bits per heavy atom. The van der Waals surface area contributed by atoms with E-state index in [1.807, 2.05) is 6.92 Å². The van der Waals surface area contributed by atoms with E-state index in [-0.39, 0.29) is 31.3 Å². The van der Waals surface area contributed by atoms with E-state index in [0.717, 1.165) is 12.8 Å². The molecule has 1 rings (SSSR count). The van der Waals surface area contributed by atoms with Crippen molar-refractivity contribution in [2.24, 2.45) is 5.73 Å². The molecule has 0 aliphatic rings. The summed E-state index contributed by atoms with van der Waals surface area (Å²) in [6.07, 6.45) is 1.83. The number of unbranched alkanes of at least 4 members (excludes halogenated alkanes) is 1. The van der Waals surface area contributed by atoms with Crippen LogP contribution in [0.15, 0.2) is 24.3 Å². The van der Waals surface area contributed by atoms with Crippen LogP contribution in [0.5, 0.6) is 5.75 Å². The van der Waals surface area contributed by atoms with Crippen LogP contribution >= 0.6 is 12.4 Å². The molecule has 0 saturated heterocycles. The maximum Gasteiger partial charge on any atom is 0.344 e. The number of carbonyl (C=O) groups is 2. The third-order valence-electron chi connectivity index (χ3n) is 2.48. The Kier molecular flexibility index (Phi) is 9.41. The van der Waals surface area contributed by atoms with Crippen molar-refractivity contribution in [1.29, 1.82) is 0 Å². The zero-order valence-electron chi connectivity index (χ0n) is 11.5. The Morgan fingerprint density at radius 1 is 1.20 bits per heavy atom. The maximum atomic E-state index is 11.3. The van der Waals surface area contributed by atoms with Gasteiger partial charge in [-0.05, 0) is 30.7 Å². The molecule has 0 unspecified atom stereocenters. The quantitative estimate of drug-likeness (QED) is 0.451. The first kappa shape index (κ1) is 18.4. The number of rotatable bonds is 8. The number of ketones is 1. The molecule has 0 saturated carbocycles. The van der Waals surface area contributed by atoms with Crippen LogP contribution < -0.4 is 10.5 Å². The van der Waals surface area contributed by atoms with Gasteiger partial charge in [-0.15, -0.1) is 12.4 Å². The molecule has 0 bridgehead atoms. The molecule has 0 heterocycles. The fraction of sp³-hybridized carbons (Fsp3) is 0.429. The van der Waals surface area contributed by atoms with Gasteiger partial charge in [-0.2, -0.15) is 0 Å². The molecule has 6 heteroatoms. The highest BCUT2D eigenvalue weighted by molar-refractivity contribution is 5.97. The van der Waals surface area contributed by atoms with Gasteiger partial charge in [0.1, 0.15) is 5.75 Å². The number of ether oxygens (including phenoxy) is 2. The SMILES string of the molecule is CCCCOC(=O)COc1ccc(C(=O)CN)cc1.Cl. The lowest BCUT2D eigenvalue weighted by molar-refractivity contribution is -0.146. The summed E-state index contributed by atoms with van der Waals surface area (Å²) in [5.41, 5.74) is 5.78. The largest absolute Gasteiger partial charge is 0.482 e. The first-order valence-electron chi connectivity index (χ1n) is 6.29. The molecule has 0 atom stereocenters. The minimum absolute atomic E-state index is 0. The van der Waals surface area contributed by atoms with Gasteiger partial charge in [0.15, 0.2) is 12.4 Å². The van der Waals surface area contributed by atoms with Crippen LogP contribution in [0.4, 0.5) is 0 Å². The third-order valence-corrected chi connectivity index (χ3v) is 2.48. The fourth-order valence-electron chi connectivity index (χ4n) is 1.37. The van der Waals surface area contributed by atoms with Gasteiger partial charge < -0.3 is 15.2 Å². The Bertz CT molecular complexity index is 420. The Balaban J connectivity index is 0.00000361. The molecule has 1 aromatic rings. The van der Waals surface area contributed by atoms with Crippen LogP contribution in [0, 0.1) is 0 Å². The predicted octanol–water partition coefficient (Wildman–Crippen LogP) is 1.97. The number of nitrogens with two attached hydrogens (primary N) is 1. The number of halogens is 1. The zero-order valence-corrected chi connectivity index (χ0v) is 12.3. The van der Waals surface area contributed by atoms with Gasteiger partial charge in [0, 0.05) is 5.56 Å². The topological polar surface area (TPSA) is 78.6 Å². The Labute approximate surface area is 124 Å². The smallest absolute Gasteiger partial charge is 0.344 e. The molecule has 0 aromatic heterocycles. The average molecular weight is 302 g/mol. The second-order valence-electron chi connectivity index (χ2n) is 4.01. The van der Waals surface area contributed by atoms with Crippen LogP contribution in [0.25, 0.3) is 0 Å². The summed E-state index contributed by atoms with van der Waals surface area (Å²) in [7, 11) is 0. The first-order valence-corrected chi connectivity index (χ1v) is 6.29. The fourth-order valence-corrected chi connectivity index (χ4v) is 1.37. The molecule has 0 amide bonds. The lowest BCUT2D eigenvalue weighted by Crippen LogP contribution is -2.16.